The molecule has 1 aromatic heterocycles. The lowest BCUT2D eigenvalue weighted by Gasteiger charge is -2.19. The van der Waals surface area contributed by atoms with Crippen molar-refractivity contribution in [2.45, 2.75) is 26.4 Å². The van der Waals surface area contributed by atoms with Gasteiger partial charge in [-0.3, -0.25) is 4.79 Å². The van der Waals surface area contributed by atoms with Crippen LogP contribution in [-0.4, -0.2) is 12.2 Å². The summed E-state index contributed by atoms with van der Waals surface area (Å²) < 4.78 is 37.4. The van der Waals surface area contributed by atoms with Crippen molar-refractivity contribution in [2.24, 2.45) is 0 Å². The van der Waals surface area contributed by atoms with Gasteiger partial charge in [0.15, 0.2) is 17.3 Å². The largest absolute Gasteiger partial charge is 0.507 e. The topological polar surface area (TPSA) is 96.6 Å². The number of aromatic hydroxyl groups is 1. The summed E-state index contributed by atoms with van der Waals surface area (Å²) >= 11 is 0. The minimum atomic E-state index is -0.547. The van der Waals surface area contributed by atoms with E-state index in [9.17, 15) is 9.90 Å². The second-order valence-corrected chi connectivity index (χ2v) is 12.0. The molecule has 0 saturated carbocycles. The number of ether oxygens (including phenoxy) is 5. The fourth-order valence-electron chi connectivity index (χ4n) is 5.72. The number of hydrogen-bond donors (Lipinski definition) is 1. The lowest BCUT2D eigenvalue weighted by molar-refractivity contribution is 0.230. The highest BCUT2D eigenvalue weighted by atomic mass is 16.5. The van der Waals surface area contributed by atoms with Crippen LogP contribution in [0.4, 0.5) is 0 Å². The molecule has 0 radical (unpaired) electrons. The van der Waals surface area contributed by atoms with E-state index in [2.05, 4.69) is 0 Å². The first-order chi connectivity index (χ1) is 25.6. The van der Waals surface area contributed by atoms with E-state index in [-0.39, 0.29) is 54.7 Å². The van der Waals surface area contributed by atoms with Crippen LogP contribution in [0, 0.1) is 0 Å². The maximum Gasteiger partial charge on any atom is 0.239 e. The van der Waals surface area contributed by atoms with Crippen LogP contribution < -0.4 is 29.1 Å². The van der Waals surface area contributed by atoms with Gasteiger partial charge in [0.2, 0.25) is 16.9 Å². The lowest BCUT2D eigenvalue weighted by atomic mass is 10.1. The molecule has 7 rings (SSSR count). The van der Waals surface area contributed by atoms with E-state index in [1.807, 2.05) is 121 Å². The first-order valence-electron chi connectivity index (χ1n) is 16.8. The molecule has 7 aromatic rings. The molecular weight excluding hydrogens is 656 g/mol. The summed E-state index contributed by atoms with van der Waals surface area (Å²) in [5, 5.41) is 11.0. The summed E-state index contributed by atoms with van der Waals surface area (Å²) in [4.78, 5) is 13.9. The highest BCUT2D eigenvalue weighted by Crippen LogP contribution is 2.45. The molecule has 0 aliphatic carbocycles. The van der Waals surface area contributed by atoms with E-state index in [1.54, 1.807) is 18.2 Å². The quantitative estimate of drug-likeness (QED) is 0.120. The van der Waals surface area contributed by atoms with Gasteiger partial charge in [0.05, 0.1) is 7.11 Å². The molecule has 260 valence electrons. The molecule has 0 atom stereocenters. The van der Waals surface area contributed by atoms with E-state index >= 15 is 0 Å². The van der Waals surface area contributed by atoms with Crippen molar-refractivity contribution in [3.8, 4) is 45.8 Å². The van der Waals surface area contributed by atoms with Gasteiger partial charge in [0.1, 0.15) is 48.9 Å². The number of phenols is 1. The standard InChI is InChI=1S/C44H36O8/c1-47-44-41(46)40-36(45)24-35(48-26-30-14-6-2-7-15-30)25-37(40)52-42(44)34-22-38(49-27-31-16-8-3-9-17-31)43(51-29-33-20-12-5-13-21-33)39(23-34)50-28-32-18-10-4-11-19-32/h2-25,45H,26-29H2,1H3. The lowest BCUT2D eigenvalue weighted by Crippen LogP contribution is -2.09. The van der Waals surface area contributed by atoms with E-state index in [1.165, 1.54) is 13.2 Å². The van der Waals surface area contributed by atoms with Gasteiger partial charge in [-0.05, 0) is 34.4 Å². The first-order valence-corrected chi connectivity index (χ1v) is 16.8. The normalized spacial score (nSPS) is 10.9. The van der Waals surface area contributed by atoms with Crippen LogP contribution in [0.15, 0.2) is 155 Å². The van der Waals surface area contributed by atoms with E-state index in [0.717, 1.165) is 22.3 Å². The fourth-order valence-corrected chi connectivity index (χ4v) is 5.72. The third-order valence-corrected chi connectivity index (χ3v) is 8.34. The van der Waals surface area contributed by atoms with Crippen LogP contribution in [0.1, 0.15) is 22.3 Å². The van der Waals surface area contributed by atoms with Crippen LogP contribution in [-0.2, 0) is 26.4 Å². The van der Waals surface area contributed by atoms with Gasteiger partial charge in [-0.15, -0.1) is 0 Å². The number of phenolic OH excluding ortho intramolecular Hbond substituents is 1. The first kappa shape index (κ1) is 33.8. The number of fused-ring (bicyclic) bond motifs is 1. The Morgan fingerprint density at radius 3 is 1.44 bits per heavy atom. The van der Waals surface area contributed by atoms with Crippen molar-refractivity contribution < 1.29 is 33.2 Å². The van der Waals surface area contributed by atoms with E-state index in [0.29, 0.717) is 28.6 Å². The molecule has 0 fully saturated rings. The molecule has 0 unspecified atom stereocenters. The maximum absolute atomic E-state index is 13.9. The summed E-state index contributed by atoms with van der Waals surface area (Å²) in [7, 11) is 1.38. The SMILES string of the molecule is COc1c(-c2cc(OCc3ccccc3)c(OCc3ccccc3)c(OCc3ccccc3)c2)oc2cc(OCc3ccccc3)cc(O)c2c1=O. The van der Waals surface area contributed by atoms with Crippen LogP contribution in [0.5, 0.6) is 34.5 Å². The number of hydrogen-bond acceptors (Lipinski definition) is 8. The molecule has 0 aliphatic heterocycles. The van der Waals surface area contributed by atoms with Crippen LogP contribution in [0.25, 0.3) is 22.3 Å². The summed E-state index contributed by atoms with van der Waals surface area (Å²) in [6.07, 6.45) is 0. The Morgan fingerprint density at radius 1 is 0.538 bits per heavy atom. The molecule has 0 saturated heterocycles. The Kier molecular flexibility index (Phi) is 10.3. The molecule has 0 spiro atoms. The van der Waals surface area contributed by atoms with Gasteiger partial charge >= 0.3 is 0 Å². The Balaban J connectivity index is 1.34. The van der Waals surface area contributed by atoms with Crippen molar-refractivity contribution in [3.63, 3.8) is 0 Å². The summed E-state index contributed by atoms with van der Waals surface area (Å²) in [6, 6.07) is 45.4. The molecule has 8 heteroatoms. The van der Waals surface area contributed by atoms with E-state index < -0.39 is 5.43 Å². The summed E-state index contributed by atoms with van der Waals surface area (Å²) in [5.74, 6) is 1.18. The van der Waals surface area contributed by atoms with Crippen molar-refractivity contribution >= 4 is 11.0 Å². The zero-order valence-electron chi connectivity index (χ0n) is 28.5. The smallest absolute Gasteiger partial charge is 0.239 e. The zero-order chi connectivity index (χ0) is 35.7. The number of rotatable bonds is 14. The van der Waals surface area contributed by atoms with Gasteiger partial charge in [0.25, 0.3) is 0 Å². The fraction of sp³-hybridized carbons (Fsp3) is 0.114. The third kappa shape index (κ3) is 7.87. The predicted octanol–water partition coefficient (Wildman–Crippen LogP) is 9.49. The second kappa shape index (κ2) is 15.9. The second-order valence-electron chi connectivity index (χ2n) is 12.0. The van der Waals surface area contributed by atoms with Crippen molar-refractivity contribution in [1.29, 1.82) is 0 Å². The van der Waals surface area contributed by atoms with Gasteiger partial charge < -0.3 is 33.2 Å². The molecule has 0 amide bonds. The molecule has 1 N–H and O–H groups in total. The highest BCUT2D eigenvalue weighted by Gasteiger charge is 2.24. The zero-order valence-corrected chi connectivity index (χ0v) is 28.5. The monoisotopic (exact) mass is 692 g/mol. The Hall–Kier alpha value is -6.67. The third-order valence-electron chi connectivity index (χ3n) is 8.34. The average Bonchev–Trinajstić information content (AvgIpc) is 3.19. The molecule has 1 heterocycles. The van der Waals surface area contributed by atoms with Crippen LogP contribution in [0.3, 0.4) is 0 Å². The van der Waals surface area contributed by atoms with Gasteiger partial charge in [-0.1, -0.05) is 121 Å². The molecule has 6 aromatic carbocycles. The van der Waals surface area contributed by atoms with Crippen molar-refractivity contribution in [2.75, 3.05) is 7.11 Å². The molecule has 8 nitrogen and oxygen atoms in total. The van der Waals surface area contributed by atoms with Crippen LogP contribution >= 0.6 is 0 Å². The predicted molar refractivity (Wildman–Crippen MR) is 199 cm³/mol. The Bertz CT molecular complexity index is 2240. The van der Waals surface area contributed by atoms with Gasteiger partial charge in [0, 0.05) is 17.7 Å². The Morgan fingerprint density at radius 2 is 0.981 bits per heavy atom. The highest BCUT2D eigenvalue weighted by molar-refractivity contribution is 5.88. The summed E-state index contributed by atoms with van der Waals surface area (Å²) in [5.41, 5.74) is 3.80. The minimum Gasteiger partial charge on any atom is -0.507 e. The maximum atomic E-state index is 13.9. The van der Waals surface area contributed by atoms with Gasteiger partial charge in [-0.25, -0.2) is 0 Å². The Labute approximate surface area is 301 Å². The number of benzene rings is 6. The van der Waals surface area contributed by atoms with Crippen molar-refractivity contribution in [3.05, 3.63) is 178 Å². The van der Waals surface area contributed by atoms with E-state index in [4.69, 9.17) is 28.1 Å². The van der Waals surface area contributed by atoms with Crippen molar-refractivity contribution in [1.82, 2.24) is 0 Å². The minimum absolute atomic E-state index is 0.0309. The molecule has 52 heavy (non-hydrogen) atoms. The molecule has 0 aliphatic rings. The van der Waals surface area contributed by atoms with Crippen LogP contribution in [0.2, 0.25) is 0 Å². The van der Waals surface area contributed by atoms with Gasteiger partial charge in [-0.2, -0.15) is 0 Å². The molecular formula is C44H36O8. The average molecular weight is 693 g/mol. The molecule has 0 bridgehead atoms. The number of methoxy groups -OCH3 is 1. The summed E-state index contributed by atoms with van der Waals surface area (Å²) in [6.45, 7) is 0.981.